The molecule has 2 aliphatic heterocycles. The van der Waals surface area contributed by atoms with Crippen molar-refractivity contribution in [1.82, 2.24) is 0 Å². The second-order valence-corrected chi connectivity index (χ2v) is 7.59. The van der Waals surface area contributed by atoms with E-state index in [9.17, 15) is 14.4 Å². The van der Waals surface area contributed by atoms with Crippen LogP contribution in [0, 0.1) is 5.92 Å². The van der Waals surface area contributed by atoms with Gasteiger partial charge in [-0.15, -0.1) is 0 Å². The number of ether oxygens (including phenoxy) is 1. The number of methoxy groups -OCH3 is 1. The second-order valence-electron chi connectivity index (χ2n) is 7.59. The number of benzene rings is 2. The first-order chi connectivity index (χ1) is 14.5. The number of anilines is 3. The van der Waals surface area contributed by atoms with Gasteiger partial charge in [0.05, 0.1) is 13.0 Å². The van der Waals surface area contributed by atoms with Crippen molar-refractivity contribution in [1.29, 1.82) is 0 Å². The van der Waals surface area contributed by atoms with Gasteiger partial charge in [0.15, 0.2) is 0 Å². The number of hydrogen-bond acceptors (Lipinski definition) is 4. The van der Waals surface area contributed by atoms with Crippen LogP contribution in [0.1, 0.15) is 25.3 Å². The van der Waals surface area contributed by atoms with Crippen molar-refractivity contribution in [3.8, 4) is 5.75 Å². The van der Waals surface area contributed by atoms with E-state index in [0.29, 0.717) is 30.9 Å². The van der Waals surface area contributed by atoms with E-state index in [-0.39, 0.29) is 24.1 Å². The van der Waals surface area contributed by atoms with Crippen molar-refractivity contribution in [2.24, 2.45) is 5.92 Å². The molecule has 0 aromatic heterocycles. The van der Waals surface area contributed by atoms with Crippen LogP contribution in [0.25, 0.3) is 0 Å². The standard InChI is InChI=1S/C23H25N3O4/c1-3-21(27)25-11-10-15-12-18(6-9-20(15)25)26-14-16(13-22(26)28)23(29)24-17-4-7-19(30-2)8-5-17/h4-9,12,16H,3,10-11,13-14H2,1-2H3,(H,24,29)/t16-/m0/s1. The Balaban J connectivity index is 1.44. The molecule has 2 aliphatic rings. The predicted molar refractivity (Wildman–Crippen MR) is 115 cm³/mol. The first kappa shape index (κ1) is 19.9. The smallest absolute Gasteiger partial charge is 0.229 e. The maximum Gasteiger partial charge on any atom is 0.229 e. The summed E-state index contributed by atoms with van der Waals surface area (Å²) >= 11 is 0. The molecule has 0 saturated carbocycles. The van der Waals surface area contributed by atoms with Gasteiger partial charge in [-0.2, -0.15) is 0 Å². The fraction of sp³-hybridized carbons (Fsp3) is 0.348. The first-order valence-electron chi connectivity index (χ1n) is 10.2. The van der Waals surface area contributed by atoms with Crippen LogP contribution in [0.5, 0.6) is 5.75 Å². The number of carbonyl (C=O) groups is 3. The summed E-state index contributed by atoms with van der Waals surface area (Å²) in [6, 6.07) is 12.8. The second kappa shape index (κ2) is 8.18. The zero-order valence-electron chi connectivity index (χ0n) is 17.2. The lowest BCUT2D eigenvalue weighted by Crippen LogP contribution is -2.28. The largest absolute Gasteiger partial charge is 0.497 e. The topological polar surface area (TPSA) is 79.0 Å². The SMILES string of the molecule is CCC(=O)N1CCc2cc(N3C[C@@H](C(=O)Nc4ccc(OC)cc4)CC3=O)ccc21. The normalized spacial score (nSPS) is 17.8. The number of fused-ring (bicyclic) bond motifs is 1. The quantitative estimate of drug-likeness (QED) is 0.827. The predicted octanol–water partition coefficient (Wildman–Crippen LogP) is 2.99. The molecule has 2 aromatic rings. The number of carbonyl (C=O) groups excluding carboxylic acids is 3. The van der Waals surface area contributed by atoms with Crippen molar-refractivity contribution in [2.45, 2.75) is 26.2 Å². The van der Waals surface area contributed by atoms with Crippen molar-refractivity contribution >= 4 is 34.8 Å². The maximum absolute atomic E-state index is 12.7. The Morgan fingerprint density at radius 1 is 1.17 bits per heavy atom. The Morgan fingerprint density at radius 2 is 1.93 bits per heavy atom. The molecule has 1 saturated heterocycles. The lowest BCUT2D eigenvalue weighted by molar-refractivity contribution is -0.122. The summed E-state index contributed by atoms with van der Waals surface area (Å²) in [4.78, 5) is 40.8. The Labute approximate surface area is 175 Å². The number of rotatable bonds is 5. The zero-order chi connectivity index (χ0) is 21.3. The lowest BCUT2D eigenvalue weighted by Gasteiger charge is -2.20. The molecule has 1 fully saturated rings. The van der Waals surface area contributed by atoms with Crippen molar-refractivity contribution in [3.63, 3.8) is 0 Å². The van der Waals surface area contributed by atoms with Gasteiger partial charge in [0, 0.05) is 43.0 Å². The van der Waals surface area contributed by atoms with E-state index < -0.39 is 5.92 Å². The molecule has 2 heterocycles. The van der Waals surface area contributed by atoms with E-state index in [1.54, 1.807) is 41.2 Å². The molecule has 30 heavy (non-hydrogen) atoms. The molecule has 4 rings (SSSR count). The van der Waals surface area contributed by atoms with E-state index in [2.05, 4.69) is 5.32 Å². The molecular formula is C23H25N3O4. The van der Waals surface area contributed by atoms with Gasteiger partial charge in [0.2, 0.25) is 17.7 Å². The van der Waals surface area contributed by atoms with Gasteiger partial charge in [-0.3, -0.25) is 14.4 Å². The highest BCUT2D eigenvalue weighted by Crippen LogP contribution is 2.34. The van der Waals surface area contributed by atoms with Crippen molar-refractivity contribution in [3.05, 3.63) is 48.0 Å². The minimum absolute atomic E-state index is 0.0654. The highest BCUT2D eigenvalue weighted by Gasteiger charge is 2.36. The molecule has 2 aromatic carbocycles. The molecule has 0 unspecified atom stereocenters. The highest BCUT2D eigenvalue weighted by molar-refractivity contribution is 6.04. The van der Waals surface area contributed by atoms with Crippen LogP contribution in [0.15, 0.2) is 42.5 Å². The van der Waals surface area contributed by atoms with Crippen LogP contribution in [0.4, 0.5) is 17.1 Å². The highest BCUT2D eigenvalue weighted by atomic mass is 16.5. The molecule has 0 radical (unpaired) electrons. The third kappa shape index (κ3) is 3.75. The van der Waals surface area contributed by atoms with Crippen molar-refractivity contribution < 1.29 is 19.1 Å². The third-order valence-electron chi connectivity index (χ3n) is 5.73. The third-order valence-corrected chi connectivity index (χ3v) is 5.73. The molecule has 0 bridgehead atoms. The van der Waals surface area contributed by atoms with Gasteiger partial charge in [-0.1, -0.05) is 6.92 Å². The van der Waals surface area contributed by atoms with Gasteiger partial charge in [-0.05, 0) is 54.4 Å². The summed E-state index contributed by atoms with van der Waals surface area (Å²) in [6.45, 7) is 2.87. The summed E-state index contributed by atoms with van der Waals surface area (Å²) in [7, 11) is 1.59. The Morgan fingerprint density at radius 3 is 2.63 bits per heavy atom. The summed E-state index contributed by atoms with van der Waals surface area (Å²) < 4.78 is 5.12. The number of hydrogen-bond donors (Lipinski definition) is 1. The van der Waals surface area contributed by atoms with Crippen LogP contribution in [0.3, 0.4) is 0 Å². The summed E-state index contributed by atoms with van der Waals surface area (Å²) in [5.41, 5.74) is 3.44. The molecule has 7 nitrogen and oxygen atoms in total. The van der Waals surface area contributed by atoms with E-state index in [1.807, 2.05) is 25.1 Å². The lowest BCUT2D eigenvalue weighted by atomic mass is 10.1. The van der Waals surface area contributed by atoms with Crippen LogP contribution < -0.4 is 19.9 Å². The van der Waals surface area contributed by atoms with E-state index in [4.69, 9.17) is 4.74 Å². The van der Waals surface area contributed by atoms with Gasteiger partial charge >= 0.3 is 0 Å². The molecule has 156 valence electrons. The van der Waals surface area contributed by atoms with Gasteiger partial charge in [-0.25, -0.2) is 0 Å². The Bertz CT molecular complexity index is 986. The average molecular weight is 407 g/mol. The summed E-state index contributed by atoms with van der Waals surface area (Å²) in [5.74, 6) is 0.173. The average Bonchev–Trinajstić information content (AvgIpc) is 3.36. The zero-order valence-corrected chi connectivity index (χ0v) is 17.2. The maximum atomic E-state index is 12.7. The van der Waals surface area contributed by atoms with Crippen LogP contribution in [-0.2, 0) is 20.8 Å². The number of nitrogens with zero attached hydrogens (tertiary/aromatic N) is 2. The molecule has 1 N–H and O–H groups in total. The van der Waals surface area contributed by atoms with E-state index in [1.165, 1.54) is 0 Å². The van der Waals surface area contributed by atoms with E-state index >= 15 is 0 Å². The fourth-order valence-corrected chi connectivity index (χ4v) is 4.06. The first-order valence-corrected chi connectivity index (χ1v) is 10.2. The van der Waals surface area contributed by atoms with E-state index in [0.717, 1.165) is 23.4 Å². The minimum atomic E-state index is -0.411. The summed E-state index contributed by atoms with van der Waals surface area (Å²) in [6.07, 6.45) is 1.43. The Kier molecular flexibility index (Phi) is 5.44. The molecule has 0 spiro atoms. The number of nitrogens with one attached hydrogen (secondary N) is 1. The molecular weight excluding hydrogens is 382 g/mol. The van der Waals surface area contributed by atoms with Crippen LogP contribution in [0.2, 0.25) is 0 Å². The monoisotopic (exact) mass is 407 g/mol. The molecule has 7 heteroatoms. The summed E-state index contributed by atoms with van der Waals surface area (Å²) in [5, 5.41) is 2.88. The number of amides is 3. The Hall–Kier alpha value is -3.35. The fourth-order valence-electron chi connectivity index (χ4n) is 4.06. The van der Waals surface area contributed by atoms with Crippen LogP contribution >= 0.6 is 0 Å². The van der Waals surface area contributed by atoms with Gasteiger partial charge in [0.25, 0.3) is 0 Å². The van der Waals surface area contributed by atoms with Gasteiger partial charge < -0.3 is 19.9 Å². The van der Waals surface area contributed by atoms with Crippen molar-refractivity contribution in [2.75, 3.05) is 35.3 Å². The molecule has 3 amide bonds. The molecule has 1 atom stereocenters. The van der Waals surface area contributed by atoms with Gasteiger partial charge in [0.1, 0.15) is 5.75 Å². The molecule has 0 aliphatic carbocycles. The van der Waals surface area contributed by atoms with Crippen LogP contribution in [-0.4, -0.2) is 37.9 Å². The minimum Gasteiger partial charge on any atom is -0.497 e.